The van der Waals surface area contributed by atoms with Crippen molar-refractivity contribution in [1.29, 1.82) is 0 Å². The molecule has 2 N–H and O–H groups in total. The van der Waals surface area contributed by atoms with Crippen LogP contribution < -0.4 is 0 Å². The molecule has 1 fully saturated rings. The highest BCUT2D eigenvalue weighted by atomic mass is 16.4. The minimum Gasteiger partial charge on any atom is -0.465 e. The van der Waals surface area contributed by atoms with E-state index in [0.717, 1.165) is 0 Å². The lowest BCUT2D eigenvalue weighted by Gasteiger charge is -2.08. The first-order valence-corrected chi connectivity index (χ1v) is 3.27. The van der Waals surface area contributed by atoms with E-state index in [-0.39, 0.29) is 12.5 Å². The fraction of sp³-hybridized carbons (Fsp3) is 0.833. The first-order valence-electron chi connectivity index (χ1n) is 3.27. The van der Waals surface area contributed by atoms with E-state index >= 15 is 0 Å². The summed E-state index contributed by atoms with van der Waals surface area (Å²) in [6.45, 7) is 2.56. The van der Waals surface area contributed by atoms with Crippen molar-refractivity contribution in [2.75, 3.05) is 13.1 Å². The van der Waals surface area contributed by atoms with E-state index in [1.54, 1.807) is 0 Å². The number of rotatable bonds is 0. The van der Waals surface area contributed by atoms with Gasteiger partial charge in [0, 0.05) is 12.5 Å². The Kier molecular flexibility index (Phi) is 1.80. The number of aliphatic hydroxyl groups excluding tert-OH is 1. The largest absolute Gasteiger partial charge is 0.465 e. The van der Waals surface area contributed by atoms with Crippen molar-refractivity contribution >= 4 is 6.09 Å². The summed E-state index contributed by atoms with van der Waals surface area (Å²) in [7, 11) is 0. The number of amides is 1. The summed E-state index contributed by atoms with van der Waals surface area (Å²) in [6.07, 6.45) is -1.42. The van der Waals surface area contributed by atoms with Crippen LogP contribution in [0.25, 0.3) is 0 Å². The van der Waals surface area contributed by atoms with Crippen LogP contribution in [0.4, 0.5) is 4.79 Å². The van der Waals surface area contributed by atoms with E-state index in [2.05, 4.69) is 0 Å². The molecule has 0 spiro atoms. The fourth-order valence-corrected chi connectivity index (χ4v) is 1.11. The monoisotopic (exact) mass is 145 g/mol. The van der Waals surface area contributed by atoms with Crippen molar-refractivity contribution < 1.29 is 15.0 Å². The van der Waals surface area contributed by atoms with Crippen molar-refractivity contribution in [2.24, 2.45) is 5.92 Å². The third-order valence-corrected chi connectivity index (χ3v) is 1.84. The van der Waals surface area contributed by atoms with Gasteiger partial charge in [0.1, 0.15) is 0 Å². The van der Waals surface area contributed by atoms with E-state index in [9.17, 15) is 4.79 Å². The number of hydrogen-bond acceptors (Lipinski definition) is 2. The Labute approximate surface area is 59.1 Å². The Morgan fingerprint density at radius 1 is 1.60 bits per heavy atom. The first kappa shape index (κ1) is 7.34. The van der Waals surface area contributed by atoms with Crippen LogP contribution in [0.1, 0.15) is 6.92 Å². The zero-order valence-electron chi connectivity index (χ0n) is 5.82. The maximum Gasteiger partial charge on any atom is 0.407 e. The van der Waals surface area contributed by atoms with Gasteiger partial charge in [0.05, 0.1) is 12.6 Å². The number of carboxylic acid groups (broad SMARTS) is 1. The van der Waals surface area contributed by atoms with Crippen LogP contribution >= 0.6 is 0 Å². The van der Waals surface area contributed by atoms with Crippen LogP contribution in [0.3, 0.4) is 0 Å². The molecule has 0 aromatic rings. The molecule has 1 aliphatic rings. The highest BCUT2D eigenvalue weighted by molar-refractivity contribution is 5.65. The van der Waals surface area contributed by atoms with Crippen LogP contribution in [0.15, 0.2) is 0 Å². The maximum absolute atomic E-state index is 10.3. The molecule has 0 aromatic carbocycles. The average Bonchev–Trinajstić information content (AvgIpc) is 2.13. The Morgan fingerprint density at radius 2 is 2.20 bits per heavy atom. The summed E-state index contributed by atoms with van der Waals surface area (Å²) in [5.41, 5.74) is 0. The molecule has 0 radical (unpaired) electrons. The minimum atomic E-state index is -0.941. The quantitative estimate of drug-likeness (QED) is 0.503. The van der Waals surface area contributed by atoms with Crippen molar-refractivity contribution in [3.8, 4) is 0 Å². The molecule has 1 amide bonds. The van der Waals surface area contributed by atoms with Crippen LogP contribution in [0.2, 0.25) is 0 Å². The third kappa shape index (κ3) is 1.21. The highest BCUT2D eigenvalue weighted by Gasteiger charge is 2.30. The van der Waals surface area contributed by atoms with Crippen LogP contribution in [-0.2, 0) is 0 Å². The Balaban J connectivity index is 2.49. The number of hydrogen-bond donors (Lipinski definition) is 2. The Hall–Kier alpha value is -0.770. The van der Waals surface area contributed by atoms with E-state index in [4.69, 9.17) is 10.2 Å². The molecular formula is C6H11NO3. The molecule has 0 saturated carbocycles. The molecule has 1 rings (SSSR count). The van der Waals surface area contributed by atoms with E-state index in [0.29, 0.717) is 6.54 Å². The smallest absolute Gasteiger partial charge is 0.407 e. The van der Waals surface area contributed by atoms with Crippen LogP contribution in [0.5, 0.6) is 0 Å². The van der Waals surface area contributed by atoms with Gasteiger partial charge in [-0.2, -0.15) is 0 Å². The van der Waals surface area contributed by atoms with Gasteiger partial charge in [-0.3, -0.25) is 0 Å². The summed E-state index contributed by atoms with van der Waals surface area (Å²) in [6, 6.07) is 0. The van der Waals surface area contributed by atoms with Gasteiger partial charge in [0.25, 0.3) is 0 Å². The summed E-state index contributed by atoms with van der Waals surface area (Å²) in [5, 5.41) is 17.6. The second-order valence-corrected chi connectivity index (χ2v) is 2.73. The van der Waals surface area contributed by atoms with Crippen molar-refractivity contribution in [3.05, 3.63) is 0 Å². The lowest BCUT2D eigenvalue weighted by atomic mass is 10.1. The van der Waals surface area contributed by atoms with E-state index < -0.39 is 12.2 Å². The van der Waals surface area contributed by atoms with Gasteiger partial charge in [0.2, 0.25) is 0 Å². The number of likely N-dealkylation sites (tertiary alicyclic amines) is 1. The second kappa shape index (κ2) is 2.46. The van der Waals surface area contributed by atoms with Crippen molar-refractivity contribution in [1.82, 2.24) is 4.90 Å². The van der Waals surface area contributed by atoms with Gasteiger partial charge >= 0.3 is 6.09 Å². The average molecular weight is 145 g/mol. The summed E-state index contributed by atoms with van der Waals surface area (Å²) >= 11 is 0. The van der Waals surface area contributed by atoms with E-state index in [1.165, 1.54) is 4.90 Å². The molecule has 2 atom stereocenters. The summed E-state index contributed by atoms with van der Waals surface area (Å²) in [5.74, 6) is 0.0797. The topological polar surface area (TPSA) is 60.8 Å². The highest BCUT2D eigenvalue weighted by Crippen LogP contribution is 2.15. The van der Waals surface area contributed by atoms with Gasteiger partial charge < -0.3 is 15.1 Å². The standard InChI is InChI=1S/C6H11NO3/c1-4-2-7(6(9)10)3-5(4)8/h4-5,8H,2-3H2,1H3,(H,9,10)/t4-,5+/m0/s1. The van der Waals surface area contributed by atoms with Gasteiger partial charge in [-0.25, -0.2) is 4.79 Å². The molecule has 4 nitrogen and oxygen atoms in total. The number of nitrogens with zero attached hydrogens (tertiary/aromatic N) is 1. The molecule has 10 heavy (non-hydrogen) atoms. The summed E-state index contributed by atoms with van der Waals surface area (Å²) < 4.78 is 0. The van der Waals surface area contributed by atoms with Gasteiger partial charge in [-0.05, 0) is 0 Å². The van der Waals surface area contributed by atoms with Crippen molar-refractivity contribution in [2.45, 2.75) is 13.0 Å². The normalized spacial score (nSPS) is 32.8. The molecule has 0 unspecified atom stereocenters. The predicted octanol–water partition coefficient (Wildman–Crippen LogP) is -0.0230. The van der Waals surface area contributed by atoms with Gasteiger partial charge in [-0.1, -0.05) is 6.92 Å². The molecule has 1 heterocycles. The SMILES string of the molecule is C[C@H]1CN(C(=O)O)C[C@H]1O. The van der Waals surface area contributed by atoms with Crippen molar-refractivity contribution in [3.63, 3.8) is 0 Å². The molecule has 58 valence electrons. The maximum atomic E-state index is 10.3. The fourth-order valence-electron chi connectivity index (χ4n) is 1.11. The summed E-state index contributed by atoms with van der Waals surface area (Å²) in [4.78, 5) is 11.5. The minimum absolute atomic E-state index is 0.0797. The number of aliphatic hydroxyl groups is 1. The molecule has 1 saturated heterocycles. The van der Waals surface area contributed by atoms with Crippen LogP contribution in [0, 0.1) is 5.92 Å². The van der Waals surface area contributed by atoms with Gasteiger partial charge in [-0.15, -0.1) is 0 Å². The lowest BCUT2D eigenvalue weighted by Crippen LogP contribution is -2.27. The number of β-amino-alcohol motifs (C(OH)–C–C–N with tert-alkyl or cyclic N) is 1. The molecular weight excluding hydrogens is 134 g/mol. The zero-order chi connectivity index (χ0) is 7.72. The first-order chi connectivity index (χ1) is 4.61. The third-order valence-electron chi connectivity index (χ3n) is 1.84. The second-order valence-electron chi connectivity index (χ2n) is 2.73. The van der Waals surface area contributed by atoms with Crippen LogP contribution in [-0.4, -0.2) is 40.4 Å². The molecule has 0 bridgehead atoms. The molecule has 0 aliphatic carbocycles. The lowest BCUT2D eigenvalue weighted by molar-refractivity contribution is 0.134. The molecule has 0 aromatic heterocycles. The van der Waals surface area contributed by atoms with Gasteiger partial charge in [0.15, 0.2) is 0 Å². The Morgan fingerprint density at radius 3 is 2.40 bits per heavy atom. The molecule has 1 aliphatic heterocycles. The van der Waals surface area contributed by atoms with E-state index in [1.807, 2.05) is 6.92 Å². The number of carbonyl (C=O) groups is 1. The predicted molar refractivity (Wildman–Crippen MR) is 34.8 cm³/mol. The zero-order valence-corrected chi connectivity index (χ0v) is 5.82. The molecule has 4 heteroatoms. The Bertz CT molecular complexity index is 138.